The molecule has 0 bridgehead atoms. The molecule has 1 aliphatic heterocycles. The zero-order valence-electron chi connectivity index (χ0n) is 19.4. The van der Waals surface area contributed by atoms with Crippen molar-refractivity contribution in [2.45, 2.75) is 58.7 Å². The molecule has 8 nitrogen and oxygen atoms in total. The minimum Gasteiger partial charge on any atom is -0.354 e. The molecule has 1 heterocycles. The molecule has 0 spiro atoms. The van der Waals surface area contributed by atoms with E-state index in [0.29, 0.717) is 19.4 Å². The summed E-state index contributed by atoms with van der Waals surface area (Å²) in [5, 5.41) is 5.54. The highest BCUT2D eigenvalue weighted by Gasteiger charge is 2.37. The van der Waals surface area contributed by atoms with Gasteiger partial charge in [-0.1, -0.05) is 44.2 Å². The van der Waals surface area contributed by atoms with Crippen molar-refractivity contribution in [3.63, 3.8) is 0 Å². The molecule has 1 aliphatic rings. The minimum absolute atomic E-state index is 0.171. The Morgan fingerprint density at radius 1 is 1.06 bits per heavy atom. The van der Waals surface area contributed by atoms with Gasteiger partial charge in [0.1, 0.15) is 18.1 Å². The van der Waals surface area contributed by atoms with E-state index in [1.54, 1.807) is 39.2 Å². The molecule has 1 rings (SSSR count). The van der Waals surface area contributed by atoms with Gasteiger partial charge in [0.25, 0.3) is 0 Å². The maximum absolute atomic E-state index is 13.2. The monoisotopic (exact) mass is 432 g/mol. The molecule has 0 aromatic carbocycles. The van der Waals surface area contributed by atoms with Crippen LogP contribution in [-0.4, -0.2) is 72.2 Å². The van der Waals surface area contributed by atoms with Crippen LogP contribution in [0.15, 0.2) is 36.5 Å². The van der Waals surface area contributed by atoms with Crippen LogP contribution in [0.4, 0.5) is 0 Å². The maximum atomic E-state index is 13.2. The largest absolute Gasteiger partial charge is 0.354 e. The number of hydrogen-bond acceptors (Lipinski definition) is 4. The van der Waals surface area contributed by atoms with Gasteiger partial charge in [-0.2, -0.15) is 0 Å². The van der Waals surface area contributed by atoms with Gasteiger partial charge in [0.05, 0.1) is 0 Å². The van der Waals surface area contributed by atoms with E-state index in [2.05, 4.69) is 10.6 Å². The number of nitrogens with one attached hydrogen (secondary N) is 2. The predicted molar refractivity (Wildman–Crippen MR) is 121 cm³/mol. The van der Waals surface area contributed by atoms with E-state index < -0.39 is 24.0 Å². The molecule has 0 saturated carbocycles. The number of rotatable bonds is 5. The van der Waals surface area contributed by atoms with E-state index in [0.717, 1.165) is 0 Å². The summed E-state index contributed by atoms with van der Waals surface area (Å²) < 4.78 is 0. The SMILES string of the molecule is C\C=C/C=C/C=C/C(=O)NC1CCCNC(=O)[C@H](C)N(C)C(=O)[C@H](C(C)C)N(C)C1=O. The molecule has 1 saturated heterocycles. The smallest absolute Gasteiger partial charge is 0.246 e. The lowest BCUT2D eigenvalue weighted by Crippen LogP contribution is -2.59. The maximum Gasteiger partial charge on any atom is 0.246 e. The molecule has 3 atom stereocenters. The van der Waals surface area contributed by atoms with Crippen molar-refractivity contribution < 1.29 is 19.2 Å². The van der Waals surface area contributed by atoms with E-state index in [1.807, 2.05) is 32.9 Å². The van der Waals surface area contributed by atoms with Crippen LogP contribution in [0.3, 0.4) is 0 Å². The molecular formula is C23H36N4O4. The van der Waals surface area contributed by atoms with Gasteiger partial charge in [0, 0.05) is 26.7 Å². The van der Waals surface area contributed by atoms with E-state index in [4.69, 9.17) is 0 Å². The molecule has 31 heavy (non-hydrogen) atoms. The fourth-order valence-electron chi connectivity index (χ4n) is 3.38. The Kier molecular flexibility index (Phi) is 10.7. The number of hydrogen-bond donors (Lipinski definition) is 2. The predicted octanol–water partition coefficient (Wildman–Crippen LogP) is 1.40. The van der Waals surface area contributed by atoms with Crippen molar-refractivity contribution in [2.75, 3.05) is 20.6 Å². The third-order valence-electron chi connectivity index (χ3n) is 5.31. The summed E-state index contributed by atoms with van der Waals surface area (Å²) in [4.78, 5) is 53.8. The van der Waals surface area contributed by atoms with Gasteiger partial charge in [0.2, 0.25) is 23.6 Å². The molecule has 0 aromatic rings. The van der Waals surface area contributed by atoms with Crippen LogP contribution < -0.4 is 10.6 Å². The summed E-state index contributed by atoms with van der Waals surface area (Å²) in [6, 6.07) is -2.19. The molecule has 0 aliphatic carbocycles. The lowest BCUT2D eigenvalue weighted by molar-refractivity contribution is -0.150. The van der Waals surface area contributed by atoms with Gasteiger partial charge >= 0.3 is 0 Å². The highest BCUT2D eigenvalue weighted by atomic mass is 16.2. The first-order valence-electron chi connectivity index (χ1n) is 10.7. The summed E-state index contributed by atoms with van der Waals surface area (Å²) in [5.41, 5.74) is 0. The van der Waals surface area contributed by atoms with Crippen LogP contribution in [0.1, 0.15) is 40.5 Å². The highest BCUT2D eigenvalue weighted by Crippen LogP contribution is 2.17. The number of amides is 4. The molecular weight excluding hydrogens is 396 g/mol. The van der Waals surface area contributed by atoms with E-state index in [-0.39, 0.29) is 23.6 Å². The summed E-state index contributed by atoms with van der Waals surface area (Å²) in [5.74, 6) is -1.45. The second kappa shape index (κ2) is 12.7. The number of likely N-dealkylation sites (N-methyl/N-ethyl adjacent to an activating group) is 2. The molecule has 8 heteroatoms. The molecule has 4 amide bonds. The van der Waals surface area contributed by atoms with E-state index >= 15 is 0 Å². The highest BCUT2D eigenvalue weighted by molar-refractivity contribution is 5.96. The first-order chi connectivity index (χ1) is 14.6. The van der Waals surface area contributed by atoms with Crippen molar-refractivity contribution in [1.82, 2.24) is 20.4 Å². The Labute approximate surface area is 185 Å². The van der Waals surface area contributed by atoms with Crippen LogP contribution in [0, 0.1) is 5.92 Å². The van der Waals surface area contributed by atoms with Crippen LogP contribution in [0.5, 0.6) is 0 Å². The fourth-order valence-corrected chi connectivity index (χ4v) is 3.38. The molecule has 2 N–H and O–H groups in total. The zero-order valence-corrected chi connectivity index (χ0v) is 19.4. The summed E-state index contributed by atoms with van der Waals surface area (Å²) in [6.07, 6.45) is 11.0. The molecule has 1 fully saturated rings. The van der Waals surface area contributed by atoms with Crippen molar-refractivity contribution in [3.8, 4) is 0 Å². The second-order valence-corrected chi connectivity index (χ2v) is 8.03. The standard InChI is InChI=1S/C23H36N4O4/c1-7-8-9-10-11-14-19(28)25-18-13-12-15-24-21(29)17(4)26(5)23(31)20(16(2)3)27(6)22(18)30/h7-11,14,16-18,20H,12-13,15H2,1-6H3,(H,24,29)(H,25,28)/b8-7-,10-9+,14-11+/t17-,18?,20-/m0/s1. The molecule has 0 radical (unpaired) electrons. The Morgan fingerprint density at radius 2 is 1.71 bits per heavy atom. The summed E-state index contributed by atoms with van der Waals surface area (Å²) in [7, 11) is 3.14. The summed E-state index contributed by atoms with van der Waals surface area (Å²) >= 11 is 0. The topological polar surface area (TPSA) is 98.8 Å². The van der Waals surface area contributed by atoms with Gasteiger partial charge in [-0.15, -0.1) is 0 Å². The average Bonchev–Trinajstić information content (AvgIpc) is 2.72. The van der Waals surface area contributed by atoms with Crippen molar-refractivity contribution in [1.29, 1.82) is 0 Å². The quantitative estimate of drug-likeness (QED) is 0.507. The van der Waals surface area contributed by atoms with Gasteiger partial charge in [-0.05, 0) is 32.6 Å². The zero-order chi connectivity index (χ0) is 23.6. The fraction of sp³-hybridized carbons (Fsp3) is 0.565. The first kappa shape index (κ1) is 26.1. The first-order valence-corrected chi connectivity index (χ1v) is 10.7. The summed E-state index contributed by atoms with van der Waals surface area (Å²) in [6.45, 7) is 7.61. The van der Waals surface area contributed by atoms with Crippen molar-refractivity contribution in [3.05, 3.63) is 36.5 Å². The van der Waals surface area contributed by atoms with Crippen molar-refractivity contribution >= 4 is 23.6 Å². The van der Waals surface area contributed by atoms with Gasteiger partial charge < -0.3 is 20.4 Å². The van der Waals surface area contributed by atoms with E-state index in [1.165, 1.54) is 15.9 Å². The third kappa shape index (κ3) is 7.70. The molecule has 0 aromatic heterocycles. The minimum atomic E-state index is -0.797. The number of carbonyl (C=O) groups excluding carboxylic acids is 4. The third-order valence-corrected chi connectivity index (χ3v) is 5.31. The number of nitrogens with zero attached hydrogens (tertiary/aromatic N) is 2. The normalized spacial score (nSPS) is 24.7. The number of carbonyl (C=O) groups is 4. The van der Waals surface area contributed by atoms with Gasteiger partial charge in [-0.25, -0.2) is 0 Å². The Hall–Kier alpha value is -2.90. The Bertz CT molecular complexity index is 742. The van der Waals surface area contributed by atoms with E-state index in [9.17, 15) is 19.2 Å². The second-order valence-electron chi connectivity index (χ2n) is 8.03. The molecule has 1 unspecified atom stereocenters. The van der Waals surface area contributed by atoms with Crippen LogP contribution >= 0.6 is 0 Å². The Balaban J connectivity index is 3.11. The lowest BCUT2D eigenvalue weighted by atomic mass is 9.98. The van der Waals surface area contributed by atoms with Crippen LogP contribution in [-0.2, 0) is 19.2 Å². The van der Waals surface area contributed by atoms with Crippen molar-refractivity contribution in [2.24, 2.45) is 5.92 Å². The van der Waals surface area contributed by atoms with Gasteiger partial charge in [0.15, 0.2) is 0 Å². The molecule has 172 valence electrons. The number of allylic oxidation sites excluding steroid dienone is 5. The lowest BCUT2D eigenvalue weighted by Gasteiger charge is -2.37. The van der Waals surface area contributed by atoms with Gasteiger partial charge in [-0.3, -0.25) is 19.2 Å². The van der Waals surface area contributed by atoms with Crippen LogP contribution in [0.2, 0.25) is 0 Å². The van der Waals surface area contributed by atoms with Crippen LogP contribution in [0.25, 0.3) is 0 Å². The Morgan fingerprint density at radius 3 is 2.32 bits per heavy atom. The average molecular weight is 433 g/mol.